The number of halogens is 2. The fourth-order valence-electron chi connectivity index (χ4n) is 2.01. The number of ether oxygens (including phenoxy) is 2. The van der Waals surface area contributed by atoms with Crippen LogP contribution in [-0.4, -0.2) is 31.6 Å². The molecule has 0 bridgehead atoms. The van der Waals surface area contributed by atoms with Gasteiger partial charge in [-0.15, -0.1) is 0 Å². The van der Waals surface area contributed by atoms with Crippen molar-refractivity contribution in [3.63, 3.8) is 0 Å². The van der Waals surface area contributed by atoms with Crippen LogP contribution in [0.4, 0.5) is 8.78 Å². The first-order valence-electron chi connectivity index (χ1n) is 6.99. The normalized spacial score (nSPS) is 11.1. The summed E-state index contributed by atoms with van der Waals surface area (Å²) in [7, 11) is 1.40. The van der Waals surface area contributed by atoms with Gasteiger partial charge in [0.25, 0.3) is 0 Å². The number of phenolic OH excluding ortho intramolecular Hbond substituents is 1. The molecule has 0 radical (unpaired) electrons. The summed E-state index contributed by atoms with van der Waals surface area (Å²) in [5.41, 5.74) is 1.53. The summed E-state index contributed by atoms with van der Waals surface area (Å²) in [5.74, 6) is 0.433. The number of aliphatic imine (C=N–C) groups is 1. The standard InChI is InChI=1S/C17H17F2NO3/c1-22-16-10-12(6-7-15(16)23-17(18)19)8-9-20-11-13-4-2-3-5-14(13)21/h2-7,10-11,17,21H,8-9H2,1H3. The highest BCUT2D eigenvalue weighted by Gasteiger charge is 2.10. The summed E-state index contributed by atoms with van der Waals surface area (Å²) >= 11 is 0. The lowest BCUT2D eigenvalue weighted by molar-refractivity contribution is -0.0512. The summed E-state index contributed by atoms with van der Waals surface area (Å²) in [6.07, 6.45) is 2.20. The van der Waals surface area contributed by atoms with Crippen molar-refractivity contribution in [2.75, 3.05) is 13.7 Å². The molecule has 0 unspecified atom stereocenters. The lowest BCUT2D eigenvalue weighted by atomic mass is 10.1. The van der Waals surface area contributed by atoms with E-state index in [0.29, 0.717) is 18.5 Å². The molecular weight excluding hydrogens is 304 g/mol. The van der Waals surface area contributed by atoms with Crippen molar-refractivity contribution in [3.8, 4) is 17.2 Å². The van der Waals surface area contributed by atoms with Crippen molar-refractivity contribution in [2.24, 2.45) is 4.99 Å². The smallest absolute Gasteiger partial charge is 0.387 e. The highest BCUT2D eigenvalue weighted by molar-refractivity contribution is 5.83. The summed E-state index contributed by atoms with van der Waals surface area (Å²) in [4.78, 5) is 4.25. The fourth-order valence-corrected chi connectivity index (χ4v) is 2.01. The Balaban J connectivity index is 1.97. The lowest BCUT2D eigenvalue weighted by Crippen LogP contribution is -2.04. The van der Waals surface area contributed by atoms with Crippen molar-refractivity contribution in [1.29, 1.82) is 0 Å². The molecular formula is C17H17F2NO3. The minimum Gasteiger partial charge on any atom is -0.507 e. The van der Waals surface area contributed by atoms with E-state index in [9.17, 15) is 13.9 Å². The first-order chi connectivity index (χ1) is 11.1. The van der Waals surface area contributed by atoms with Crippen LogP contribution >= 0.6 is 0 Å². The molecule has 0 spiro atoms. The minimum absolute atomic E-state index is 0.00367. The number of aromatic hydroxyl groups is 1. The van der Waals surface area contributed by atoms with Gasteiger partial charge in [-0.1, -0.05) is 18.2 Å². The molecule has 2 rings (SSSR count). The molecule has 4 nitrogen and oxygen atoms in total. The largest absolute Gasteiger partial charge is 0.507 e. The number of methoxy groups -OCH3 is 1. The molecule has 0 heterocycles. The van der Waals surface area contributed by atoms with Crippen LogP contribution in [0.5, 0.6) is 17.2 Å². The van der Waals surface area contributed by atoms with Gasteiger partial charge in [-0.2, -0.15) is 8.78 Å². The third-order valence-corrected chi connectivity index (χ3v) is 3.14. The van der Waals surface area contributed by atoms with Crippen LogP contribution in [0.15, 0.2) is 47.5 Å². The molecule has 2 aromatic rings. The van der Waals surface area contributed by atoms with E-state index in [0.717, 1.165) is 5.56 Å². The van der Waals surface area contributed by atoms with Crippen molar-refractivity contribution in [1.82, 2.24) is 0 Å². The maximum Gasteiger partial charge on any atom is 0.387 e. The van der Waals surface area contributed by atoms with Gasteiger partial charge in [0.15, 0.2) is 11.5 Å². The summed E-state index contributed by atoms with van der Waals surface area (Å²) in [6, 6.07) is 11.7. The Kier molecular flexibility index (Phi) is 5.91. The van der Waals surface area contributed by atoms with Crippen molar-refractivity contribution in [2.45, 2.75) is 13.0 Å². The van der Waals surface area contributed by atoms with Crippen molar-refractivity contribution in [3.05, 3.63) is 53.6 Å². The van der Waals surface area contributed by atoms with E-state index in [1.54, 1.807) is 36.5 Å². The summed E-state index contributed by atoms with van der Waals surface area (Å²) in [6.45, 7) is -2.40. The van der Waals surface area contributed by atoms with E-state index in [-0.39, 0.29) is 17.2 Å². The van der Waals surface area contributed by atoms with Crippen LogP contribution in [0.1, 0.15) is 11.1 Å². The Hall–Kier alpha value is -2.63. The second-order valence-electron chi connectivity index (χ2n) is 4.71. The number of alkyl halides is 2. The van der Waals surface area contributed by atoms with Gasteiger partial charge in [0.05, 0.1) is 7.11 Å². The number of hydrogen-bond acceptors (Lipinski definition) is 4. The molecule has 0 aromatic heterocycles. The van der Waals surface area contributed by atoms with Crippen LogP contribution in [0.3, 0.4) is 0 Å². The maximum absolute atomic E-state index is 12.3. The van der Waals surface area contributed by atoms with Gasteiger partial charge < -0.3 is 14.6 Å². The number of para-hydroxylation sites is 1. The lowest BCUT2D eigenvalue weighted by Gasteiger charge is -2.11. The Morgan fingerprint density at radius 2 is 1.96 bits per heavy atom. The molecule has 0 saturated carbocycles. The SMILES string of the molecule is COc1cc(CCN=Cc2ccccc2O)ccc1OC(F)F. The van der Waals surface area contributed by atoms with E-state index in [1.165, 1.54) is 13.2 Å². The molecule has 0 aliphatic carbocycles. The quantitative estimate of drug-likeness (QED) is 0.792. The van der Waals surface area contributed by atoms with Gasteiger partial charge in [0, 0.05) is 18.3 Å². The van der Waals surface area contributed by atoms with Gasteiger partial charge in [-0.3, -0.25) is 4.99 Å². The molecule has 2 aromatic carbocycles. The van der Waals surface area contributed by atoms with Gasteiger partial charge in [-0.05, 0) is 36.2 Å². The molecule has 0 amide bonds. The zero-order valence-electron chi connectivity index (χ0n) is 12.6. The number of benzene rings is 2. The predicted octanol–water partition coefficient (Wildman–Crippen LogP) is 3.66. The first kappa shape index (κ1) is 16.7. The molecule has 122 valence electrons. The highest BCUT2D eigenvalue weighted by atomic mass is 19.3. The second-order valence-corrected chi connectivity index (χ2v) is 4.71. The van der Waals surface area contributed by atoms with E-state index < -0.39 is 6.61 Å². The monoisotopic (exact) mass is 321 g/mol. The van der Waals surface area contributed by atoms with E-state index in [1.807, 2.05) is 6.07 Å². The molecule has 0 atom stereocenters. The molecule has 0 fully saturated rings. The number of rotatable bonds is 7. The Morgan fingerprint density at radius 1 is 1.17 bits per heavy atom. The average Bonchev–Trinajstić information content (AvgIpc) is 2.53. The Bertz CT molecular complexity index is 675. The van der Waals surface area contributed by atoms with E-state index in [2.05, 4.69) is 9.73 Å². The van der Waals surface area contributed by atoms with Crippen LogP contribution in [-0.2, 0) is 6.42 Å². The molecule has 1 N–H and O–H groups in total. The topological polar surface area (TPSA) is 51.0 Å². The minimum atomic E-state index is -2.89. The second kappa shape index (κ2) is 8.12. The van der Waals surface area contributed by atoms with Crippen molar-refractivity contribution >= 4 is 6.21 Å². The number of phenols is 1. The zero-order chi connectivity index (χ0) is 16.7. The van der Waals surface area contributed by atoms with Gasteiger partial charge in [-0.25, -0.2) is 0 Å². The average molecular weight is 321 g/mol. The summed E-state index contributed by atoms with van der Waals surface area (Å²) < 4.78 is 33.9. The highest BCUT2D eigenvalue weighted by Crippen LogP contribution is 2.29. The Labute approximate surface area is 133 Å². The van der Waals surface area contributed by atoms with E-state index >= 15 is 0 Å². The molecule has 0 aliphatic rings. The van der Waals surface area contributed by atoms with Gasteiger partial charge in [0.2, 0.25) is 0 Å². The van der Waals surface area contributed by atoms with Crippen LogP contribution in [0.25, 0.3) is 0 Å². The molecule has 0 saturated heterocycles. The third-order valence-electron chi connectivity index (χ3n) is 3.14. The first-order valence-corrected chi connectivity index (χ1v) is 6.99. The van der Waals surface area contributed by atoms with Crippen LogP contribution < -0.4 is 9.47 Å². The van der Waals surface area contributed by atoms with Gasteiger partial charge in [0.1, 0.15) is 5.75 Å². The van der Waals surface area contributed by atoms with Gasteiger partial charge >= 0.3 is 6.61 Å². The molecule has 0 aliphatic heterocycles. The van der Waals surface area contributed by atoms with E-state index in [4.69, 9.17) is 4.74 Å². The fraction of sp³-hybridized carbons (Fsp3) is 0.235. The Morgan fingerprint density at radius 3 is 2.65 bits per heavy atom. The molecule has 6 heteroatoms. The molecule has 23 heavy (non-hydrogen) atoms. The third kappa shape index (κ3) is 4.95. The summed E-state index contributed by atoms with van der Waals surface area (Å²) in [5, 5.41) is 9.61. The number of hydrogen-bond donors (Lipinski definition) is 1. The predicted molar refractivity (Wildman–Crippen MR) is 83.9 cm³/mol. The number of nitrogens with zero attached hydrogens (tertiary/aromatic N) is 1. The zero-order valence-corrected chi connectivity index (χ0v) is 12.6. The van der Waals surface area contributed by atoms with Crippen LogP contribution in [0.2, 0.25) is 0 Å². The van der Waals surface area contributed by atoms with Crippen LogP contribution in [0, 0.1) is 0 Å². The van der Waals surface area contributed by atoms with Crippen molar-refractivity contribution < 1.29 is 23.4 Å². The maximum atomic E-state index is 12.3.